The molecular weight excluding hydrogens is 431 g/mol. The maximum absolute atomic E-state index is 13.6. The van der Waals surface area contributed by atoms with Crippen LogP contribution < -0.4 is 4.90 Å². The Balaban J connectivity index is 1.35. The number of aryl methyl sites for hydroxylation is 1. The third-order valence-corrected chi connectivity index (χ3v) is 11.1. The smallest absolute Gasteiger partial charge is 0.193 e. The Labute approximate surface area is 189 Å². The van der Waals surface area contributed by atoms with Crippen LogP contribution in [0.15, 0.2) is 53.4 Å². The van der Waals surface area contributed by atoms with E-state index in [4.69, 9.17) is 0 Å². The minimum absolute atomic E-state index is 0.207. The Kier molecular flexibility index (Phi) is 6.94. The second-order valence-corrected chi connectivity index (χ2v) is 12.5. The summed E-state index contributed by atoms with van der Waals surface area (Å²) in [4.78, 5) is 5.25. The molecule has 1 fully saturated rings. The van der Waals surface area contributed by atoms with Gasteiger partial charge in [-0.25, -0.2) is 12.8 Å². The number of fused-ring (bicyclic) bond motifs is 1. The quantitative estimate of drug-likeness (QED) is 0.602. The van der Waals surface area contributed by atoms with E-state index in [1.165, 1.54) is 12.1 Å². The lowest BCUT2D eigenvalue weighted by Gasteiger charge is -2.39. The van der Waals surface area contributed by atoms with E-state index in [0.717, 1.165) is 62.6 Å². The van der Waals surface area contributed by atoms with Crippen LogP contribution in [0.3, 0.4) is 0 Å². The molecule has 2 heterocycles. The van der Waals surface area contributed by atoms with Gasteiger partial charge in [-0.3, -0.25) is 4.90 Å². The highest BCUT2D eigenvalue weighted by Gasteiger charge is 2.47. The van der Waals surface area contributed by atoms with E-state index in [9.17, 15) is 12.8 Å². The molecule has 2 aliphatic heterocycles. The fourth-order valence-corrected chi connectivity index (χ4v) is 9.09. The summed E-state index contributed by atoms with van der Waals surface area (Å²) < 4.78 is 39.6. The van der Waals surface area contributed by atoms with Crippen LogP contribution in [-0.4, -0.2) is 55.9 Å². The van der Waals surface area contributed by atoms with Crippen molar-refractivity contribution in [1.82, 2.24) is 4.90 Å². The molecule has 0 radical (unpaired) electrons. The van der Waals surface area contributed by atoms with Crippen molar-refractivity contribution in [2.75, 3.05) is 43.4 Å². The topological polar surface area (TPSA) is 40.6 Å². The van der Waals surface area contributed by atoms with Crippen LogP contribution >= 0.6 is 11.8 Å². The van der Waals surface area contributed by atoms with Gasteiger partial charge in [0.15, 0.2) is 9.84 Å². The summed E-state index contributed by atoms with van der Waals surface area (Å²) in [7, 11) is -3.35. The summed E-state index contributed by atoms with van der Waals surface area (Å²) in [6, 6.07) is 14.2. The molecule has 2 aromatic rings. The van der Waals surface area contributed by atoms with Gasteiger partial charge in [0.05, 0.1) is 4.90 Å². The molecule has 1 atom stereocenters. The standard InChI is InChI=1S/C24H31FN2O2S2/c1-2-30-24(14-12-20-6-3-4-7-23(20)31(24,28)29)13-5-15-26-16-18-27(19-17-26)22-10-8-21(25)9-11-22/h3-4,6-11H,2,5,12-19H2,1H3. The van der Waals surface area contributed by atoms with Crippen molar-refractivity contribution in [2.45, 2.75) is 41.6 Å². The van der Waals surface area contributed by atoms with Crippen molar-refractivity contribution in [2.24, 2.45) is 0 Å². The van der Waals surface area contributed by atoms with Crippen molar-refractivity contribution in [3.8, 4) is 0 Å². The number of halogens is 1. The lowest BCUT2D eigenvalue weighted by molar-refractivity contribution is 0.251. The fourth-order valence-electron chi connectivity index (χ4n) is 4.83. The van der Waals surface area contributed by atoms with E-state index in [1.807, 2.05) is 30.3 Å². The Bertz CT molecular complexity index is 989. The number of piperazine rings is 1. The second kappa shape index (κ2) is 9.51. The SMILES string of the molecule is CCSC1(CCCN2CCN(c3ccc(F)cc3)CC2)CCc2ccccc2S1(=O)=O. The second-order valence-electron chi connectivity index (χ2n) is 8.36. The number of benzene rings is 2. The Hall–Kier alpha value is -1.57. The zero-order chi connectivity index (χ0) is 21.9. The third kappa shape index (κ3) is 4.64. The molecule has 0 amide bonds. The van der Waals surface area contributed by atoms with E-state index in [2.05, 4.69) is 16.7 Å². The van der Waals surface area contributed by atoms with Gasteiger partial charge in [0.25, 0.3) is 0 Å². The molecule has 4 rings (SSSR count). The van der Waals surface area contributed by atoms with E-state index >= 15 is 0 Å². The lowest BCUT2D eigenvalue weighted by atomic mass is 10.0. The molecule has 2 aromatic carbocycles. The molecule has 0 aromatic heterocycles. The maximum Gasteiger partial charge on any atom is 0.193 e. The first-order valence-corrected chi connectivity index (χ1v) is 13.6. The van der Waals surface area contributed by atoms with Gasteiger partial charge in [0.1, 0.15) is 9.90 Å². The molecule has 1 unspecified atom stereocenters. The first-order chi connectivity index (χ1) is 14.9. The molecule has 1 saturated heterocycles. The van der Waals surface area contributed by atoms with E-state index in [1.54, 1.807) is 17.8 Å². The average molecular weight is 463 g/mol. The number of anilines is 1. The molecule has 31 heavy (non-hydrogen) atoms. The average Bonchev–Trinajstić information content (AvgIpc) is 2.78. The first kappa shape index (κ1) is 22.6. The highest BCUT2D eigenvalue weighted by Crippen LogP contribution is 2.47. The predicted molar refractivity (Wildman–Crippen MR) is 127 cm³/mol. The Morgan fingerprint density at radius 2 is 1.74 bits per heavy atom. The van der Waals surface area contributed by atoms with Crippen molar-refractivity contribution < 1.29 is 12.8 Å². The third-order valence-electron chi connectivity index (χ3n) is 6.53. The van der Waals surface area contributed by atoms with Gasteiger partial charge < -0.3 is 4.90 Å². The monoisotopic (exact) mass is 462 g/mol. The highest BCUT2D eigenvalue weighted by molar-refractivity contribution is 8.14. The number of rotatable bonds is 7. The minimum Gasteiger partial charge on any atom is -0.369 e. The summed E-state index contributed by atoms with van der Waals surface area (Å²) in [5.41, 5.74) is 2.03. The predicted octanol–water partition coefficient (Wildman–Crippen LogP) is 4.60. The summed E-state index contributed by atoms with van der Waals surface area (Å²) in [6.07, 6.45) is 3.10. The van der Waals surface area contributed by atoms with Gasteiger partial charge in [0, 0.05) is 31.9 Å². The van der Waals surface area contributed by atoms with Crippen LogP contribution in [-0.2, 0) is 16.3 Å². The molecule has 0 saturated carbocycles. The molecule has 2 aliphatic rings. The maximum atomic E-state index is 13.6. The van der Waals surface area contributed by atoms with E-state index in [0.29, 0.717) is 17.7 Å². The molecule has 4 nitrogen and oxygen atoms in total. The summed E-state index contributed by atoms with van der Waals surface area (Å²) >= 11 is 1.61. The van der Waals surface area contributed by atoms with Crippen molar-refractivity contribution in [3.63, 3.8) is 0 Å². The number of thioether (sulfide) groups is 1. The summed E-state index contributed by atoms with van der Waals surface area (Å²) in [5, 5.41) is 0. The first-order valence-electron chi connectivity index (χ1n) is 11.1. The molecule has 0 bridgehead atoms. The Morgan fingerprint density at radius 3 is 2.45 bits per heavy atom. The van der Waals surface area contributed by atoms with Crippen LogP contribution in [0.1, 0.15) is 31.7 Å². The van der Waals surface area contributed by atoms with Crippen LogP contribution in [0.5, 0.6) is 0 Å². The van der Waals surface area contributed by atoms with Gasteiger partial charge in [-0.15, -0.1) is 11.8 Å². The zero-order valence-corrected chi connectivity index (χ0v) is 19.7. The van der Waals surface area contributed by atoms with Crippen molar-refractivity contribution >= 4 is 27.3 Å². The number of hydrogen-bond acceptors (Lipinski definition) is 5. The van der Waals surface area contributed by atoms with Gasteiger partial charge in [0.2, 0.25) is 0 Å². The van der Waals surface area contributed by atoms with Crippen LogP contribution in [0.2, 0.25) is 0 Å². The number of nitrogens with zero attached hydrogens (tertiary/aromatic N) is 2. The summed E-state index contributed by atoms with van der Waals surface area (Å²) in [5.74, 6) is 0.596. The van der Waals surface area contributed by atoms with Crippen LogP contribution in [0.4, 0.5) is 10.1 Å². The van der Waals surface area contributed by atoms with Crippen molar-refractivity contribution in [3.05, 3.63) is 59.9 Å². The molecule has 7 heteroatoms. The molecule has 168 valence electrons. The molecular formula is C24H31FN2O2S2. The van der Waals surface area contributed by atoms with Gasteiger partial charge in [-0.1, -0.05) is 25.1 Å². The minimum atomic E-state index is -3.35. The molecule has 0 aliphatic carbocycles. The number of hydrogen-bond donors (Lipinski definition) is 0. The van der Waals surface area contributed by atoms with E-state index in [-0.39, 0.29) is 5.82 Å². The van der Waals surface area contributed by atoms with Crippen molar-refractivity contribution in [1.29, 1.82) is 0 Å². The lowest BCUT2D eigenvalue weighted by Crippen LogP contribution is -2.47. The molecule has 0 spiro atoms. The summed E-state index contributed by atoms with van der Waals surface area (Å²) in [6.45, 7) is 6.68. The Morgan fingerprint density at radius 1 is 1.03 bits per heavy atom. The highest BCUT2D eigenvalue weighted by atomic mass is 32.3. The van der Waals surface area contributed by atoms with Gasteiger partial charge >= 0.3 is 0 Å². The molecule has 0 N–H and O–H groups in total. The van der Waals surface area contributed by atoms with Crippen LogP contribution in [0.25, 0.3) is 0 Å². The van der Waals surface area contributed by atoms with Crippen LogP contribution in [0, 0.1) is 5.82 Å². The van der Waals surface area contributed by atoms with E-state index < -0.39 is 13.9 Å². The van der Waals surface area contributed by atoms with Gasteiger partial charge in [-0.2, -0.15) is 0 Å². The zero-order valence-electron chi connectivity index (χ0n) is 18.1. The normalized spacial score (nSPS) is 23.5. The number of sulfone groups is 1. The fraction of sp³-hybridized carbons (Fsp3) is 0.500. The van der Waals surface area contributed by atoms with Gasteiger partial charge in [-0.05, 0) is 73.9 Å². The largest absolute Gasteiger partial charge is 0.369 e.